The SMILES string of the molecule is C=C1CC(CO)C1(C)C.C=CC1CC(CO)C1(C)C.CC=C1CC(CO)C1(C)C. The predicted molar refractivity (Wildman–Crippen MR) is 124 cm³/mol. The van der Waals surface area contributed by atoms with Gasteiger partial charge in [0.25, 0.3) is 0 Å². The molecule has 3 heteroatoms. The van der Waals surface area contributed by atoms with E-state index in [4.69, 9.17) is 15.3 Å². The molecule has 0 aromatic heterocycles. The van der Waals surface area contributed by atoms with Crippen LogP contribution in [0.4, 0.5) is 0 Å². The number of aliphatic hydroxyl groups excluding tert-OH is 3. The minimum absolute atomic E-state index is 0.203. The summed E-state index contributed by atoms with van der Waals surface area (Å²) in [6.07, 6.45) is 7.41. The molecule has 0 aliphatic heterocycles. The highest BCUT2D eigenvalue weighted by molar-refractivity contribution is 5.23. The summed E-state index contributed by atoms with van der Waals surface area (Å²) in [6, 6.07) is 0. The van der Waals surface area contributed by atoms with Crippen molar-refractivity contribution in [2.45, 2.75) is 67.7 Å². The van der Waals surface area contributed by atoms with Crippen molar-refractivity contribution in [1.29, 1.82) is 0 Å². The first-order valence-electron chi connectivity index (χ1n) is 11.1. The van der Waals surface area contributed by atoms with E-state index in [0.717, 1.165) is 19.3 Å². The Morgan fingerprint density at radius 3 is 1.59 bits per heavy atom. The fourth-order valence-corrected chi connectivity index (χ4v) is 4.73. The summed E-state index contributed by atoms with van der Waals surface area (Å²) in [5, 5.41) is 26.6. The Balaban J connectivity index is 0.000000218. The summed E-state index contributed by atoms with van der Waals surface area (Å²) in [7, 11) is 0. The molecule has 0 aromatic rings. The Morgan fingerprint density at radius 2 is 1.34 bits per heavy atom. The molecule has 168 valence electrons. The average Bonchev–Trinajstić information content (AvgIpc) is 2.66. The fraction of sp³-hybridized carbons (Fsp3) is 0.769. The molecule has 3 saturated carbocycles. The zero-order valence-electron chi connectivity index (χ0n) is 20.0. The van der Waals surface area contributed by atoms with Crippen molar-refractivity contribution in [3.8, 4) is 0 Å². The molecule has 3 aliphatic rings. The van der Waals surface area contributed by atoms with Gasteiger partial charge in [-0.05, 0) is 66.1 Å². The number of hydrogen-bond acceptors (Lipinski definition) is 3. The highest BCUT2D eigenvalue weighted by atomic mass is 16.3. The Kier molecular flexibility index (Phi) is 8.96. The van der Waals surface area contributed by atoms with Gasteiger partial charge in [-0.1, -0.05) is 71.4 Å². The molecule has 3 fully saturated rings. The van der Waals surface area contributed by atoms with Crippen LogP contribution in [0.2, 0.25) is 0 Å². The molecule has 0 heterocycles. The molecule has 3 nitrogen and oxygen atoms in total. The van der Waals surface area contributed by atoms with Gasteiger partial charge >= 0.3 is 0 Å². The zero-order chi connectivity index (χ0) is 22.6. The molecular weight excluding hydrogens is 360 g/mol. The van der Waals surface area contributed by atoms with Crippen LogP contribution >= 0.6 is 0 Å². The van der Waals surface area contributed by atoms with E-state index in [1.807, 2.05) is 6.08 Å². The highest BCUT2D eigenvalue weighted by Gasteiger charge is 2.45. The Hall–Kier alpha value is -0.900. The highest BCUT2D eigenvalue weighted by Crippen LogP contribution is 2.51. The summed E-state index contributed by atoms with van der Waals surface area (Å²) >= 11 is 0. The summed E-state index contributed by atoms with van der Waals surface area (Å²) in [6.45, 7) is 23.8. The minimum Gasteiger partial charge on any atom is -0.396 e. The molecule has 29 heavy (non-hydrogen) atoms. The first-order chi connectivity index (χ1) is 13.3. The summed E-state index contributed by atoms with van der Waals surface area (Å²) < 4.78 is 0. The number of aliphatic hydroxyl groups is 3. The predicted octanol–water partition coefficient (Wildman–Crippen LogP) is 5.38. The van der Waals surface area contributed by atoms with E-state index in [0.29, 0.717) is 43.5 Å². The maximum Gasteiger partial charge on any atom is 0.0470 e. The van der Waals surface area contributed by atoms with Gasteiger partial charge < -0.3 is 15.3 Å². The van der Waals surface area contributed by atoms with Gasteiger partial charge in [-0.25, -0.2) is 0 Å². The standard InChI is InChI=1S/2C9H16O.C8H14O/c2*1-4-7-5-8(6-10)9(7,2)3;1-6-4-7(5-9)8(6,2)3/h4,8,10H,5-6H2,1-3H3;4,7-8,10H,1,5-6H2,2-3H3;7,9H,1,4-5H2,2-3H3. The lowest BCUT2D eigenvalue weighted by Gasteiger charge is -2.50. The maximum atomic E-state index is 8.91. The van der Waals surface area contributed by atoms with Gasteiger partial charge in [0.1, 0.15) is 0 Å². The van der Waals surface area contributed by atoms with Crippen molar-refractivity contribution in [2.75, 3.05) is 19.8 Å². The van der Waals surface area contributed by atoms with Crippen LogP contribution in [-0.2, 0) is 0 Å². The smallest absolute Gasteiger partial charge is 0.0470 e. The second kappa shape index (κ2) is 9.94. The van der Waals surface area contributed by atoms with Crippen LogP contribution in [0.3, 0.4) is 0 Å². The van der Waals surface area contributed by atoms with E-state index < -0.39 is 0 Å². The molecule has 3 aliphatic carbocycles. The topological polar surface area (TPSA) is 60.7 Å². The van der Waals surface area contributed by atoms with Gasteiger partial charge in [-0.3, -0.25) is 0 Å². The molecular formula is C26H46O3. The van der Waals surface area contributed by atoms with Gasteiger partial charge in [0, 0.05) is 19.8 Å². The van der Waals surface area contributed by atoms with Crippen LogP contribution in [0.15, 0.2) is 36.5 Å². The molecule has 0 amide bonds. The van der Waals surface area contributed by atoms with Crippen LogP contribution in [0, 0.1) is 39.9 Å². The van der Waals surface area contributed by atoms with E-state index in [-0.39, 0.29) is 16.2 Å². The van der Waals surface area contributed by atoms with Crippen LogP contribution in [0.5, 0.6) is 0 Å². The third kappa shape index (κ3) is 5.24. The first kappa shape index (κ1) is 26.1. The lowest BCUT2D eigenvalue weighted by Crippen LogP contribution is -2.45. The first-order valence-corrected chi connectivity index (χ1v) is 11.1. The largest absolute Gasteiger partial charge is 0.396 e. The van der Waals surface area contributed by atoms with Crippen molar-refractivity contribution in [3.05, 3.63) is 36.5 Å². The van der Waals surface area contributed by atoms with Gasteiger partial charge in [0.05, 0.1) is 0 Å². The Morgan fingerprint density at radius 1 is 0.862 bits per heavy atom. The van der Waals surface area contributed by atoms with E-state index >= 15 is 0 Å². The third-order valence-electron chi connectivity index (χ3n) is 8.58. The zero-order valence-corrected chi connectivity index (χ0v) is 20.0. The maximum absolute atomic E-state index is 8.91. The van der Waals surface area contributed by atoms with Crippen molar-refractivity contribution in [1.82, 2.24) is 0 Å². The summed E-state index contributed by atoms with van der Waals surface area (Å²) in [5.74, 6) is 2.07. The number of rotatable bonds is 4. The van der Waals surface area contributed by atoms with Gasteiger partial charge in [0.15, 0.2) is 0 Å². The molecule has 3 N–H and O–H groups in total. The van der Waals surface area contributed by atoms with Gasteiger partial charge in [-0.15, -0.1) is 6.58 Å². The van der Waals surface area contributed by atoms with Crippen LogP contribution < -0.4 is 0 Å². The van der Waals surface area contributed by atoms with E-state index in [9.17, 15) is 0 Å². The quantitative estimate of drug-likeness (QED) is 0.549. The van der Waals surface area contributed by atoms with E-state index in [1.54, 1.807) is 0 Å². The van der Waals surface area contributed by atoms with Crippen LogP contribution in [0.1, 0.15) is 67.7 Å². The normalized spacial score (nSPS) is 34.3. The second-order valence-electron chi connectivity index (χ2n) is 10.8. The van der Waals surface area contributed by atoms with Crippen molar-refractivity contribution < 1.29 is 15.3 Å². The third-order valence-corrected chi connectivity index (χ3v) is 8.58. The number of hydrogen-bond donors (Lipinski definition) is 3. The minimum atomic E-state index is 0.203. The molecule has 0 radical (unpaired) electrons. The molecule has 0 bridgehead atoms. The summed E-state index contributed by atoms with van der Waals surface area (Å²) in [4.78, 5) is 0. The Labute approximate surface area is 179 Å². The lowest BCUT2D eigenvalue weighted by molar-refractivity contribution is -0.0258. The summed E-state index contributed by atoms with van der Waals surface area (Å²) in [5.41, 5.74) is 3.53. The van der Waals surface area contributed by atoms with Crippen LogP contribution in [0.25, 0.3) is 0 Å². The van der Waals surface area contributed by atoms with Crippen molar-refractivity contribution >= 4 is 0 Å². The monoisotopic (exact) mass is 406 g/mol. The fourth-order valence-electron chi connectivity index (χ4n) is 4.73. The number of allylic oxidation sites excluding steroid dienone is 4. The van der Waals surface area contributed by atoms with Gasteiger partial charge in [0.2, 0.25) is 0 Å². The van der Waals surface area contributed by atoms with Crippen LogP contribution in [-0.4, -0.2) is 35.1 Å². The molecule has 4 atom stereocenters. The van der Waals surface area contributed by atoms with Gasteiger partial charge in [-0.2, -0.15) is 0 Å². The molecule has 3 rings (SSSR count). The lowest BCUT2D eigenvalue weighted by atomic mass is 9.55. The van der Waals surface area contributed by atoms with E-state index in [2.05, 4.69) is 67.7 Å². The molecule has 0 spiro atoms. The molecule has 0 aromatic carbocycles. The Bertz CT molecular complexity index is 597. The average molecular weight is 407 g/mol. The molecule has 0 saturated heterocycles. The van der Waals surface area contributed by atoms with E-state index in [1.165, 1.54) is 11.1 Å². The molecule has 4 unspecified atom stereocenters. The van der Waals surface area contributed by atoms with Crippen molar-refractivity contribution in [2.24, 2.45) is 39.9 Å². The second-order valence-corrected chi connectivity index (χ2v) is 10.8. The van der Waals surface area contributed by atoms with Crippen molar-refractivity contribution in [3.63, 3.8) is 0 Å².